The van der Waals surface area contributed by atoms with Gasteiger partial charge in [0.05, 0.1) is 32.4 Å². The summed E-state index contributed by atoms with van der Waals surface area (Å²) in [6.45, 7) is 8.99. The SMILES string of the molecule is CCOc1cc(CN2CC[C@@]34OC[C@@H](C(C)C)N3C(=O)C[C@@H]24)c(Cl)cc1OC. The molecule has 154 valence electrons. The fourth-order valence-corrected chi connectivity index (χ4v) is 5.20. The molecule has 3 aliphatic heterocycles. The third-order valence-electron chi connectivity index (χ3n) is 6.37. The minimum atomic E-state index is -0.465. The van der Waals surface area contributed by atoms with Gasteiger partial charge in [0.1, 0.15) is 0 Å². The number of ether oxygens (including phenoxy) is 3. The van der Waals surface area contributed by atoms with Crippen molar-refractivity contribution in [3.63, 3.8) is 0 Å². The summed E-state index contributed by atoms with van der Waals surface area (Å²) < 4.78 is 17.4. The molecule has 0 unspecified atom stereocenters. The predicted octanol–water partition coefficient (Wildman–Crippen LogP) is 3.31. The van der Waals surface area contributed by atoms with Crippen molar-refractivity contribution in [2.75, 3.05) is 26.9 Å². The maximum absolute atomic E-state index is 12.8. The molecule has 0 saturated carbocycles. The lowest BCUT2D eigenvalue weighted by molar-refractivity contribution is -0.139. The van der Waals surface area contributed by atoms with Crippen molar-refractivity contribution in [2.45, 2.75) is 58.0 Å². The summed E-state index contributed by atoms with van der Waals surface area (Å²) in [7, 11) is 1.61. The van der Waals surface area contributed by atoms with Crippen LogP contribution in [0.15, 0.2) is 12.1 Å². The number of hydrogen-bond acceptors (Lipinski definition) is 5. The molecule has 0 radical (unpaired) electrons. The predicted molar refractivity (Wildman–Crippen MR) is 107 cm³/mol. The second-order valence-electron chi connectivity index (χ2n) is 8.20. The van der Waals surface area contributed by atoms with Crippen molar-refractivity contribution in [1.82, 2.24) is 9.80 Å². The van der Waals surface area contributed by atoms with Gasteiger partial charge in [-0.2, -0.15) is 0 Å². The highest BCUT2D eigenvalue weighted by Crippen LogP contribution is 2.49. The van der Waals surface area contributed by atoms with Crippen LogP contribution in [0.1, 0.15) is 39.2 Å². The van der Waals surface area contributed by atoms with E-state index in [1.54, 1.807) is 13.2 Å². The van der Waals surface area contributed by atoms with E-state index in [2.05, 4.69) is 18.7 Å². The molecule has 0 aliphatic carbocycles. The molecular formula is C21H29ClN2O4. The van der Waals surface area contributed by atoms with Crippen LogP contribution in [0.2, 0.25) is 5.02 Å². The maximum atomic E-state index is 12.8. The van der Waals surface area contributed by atoms with Crippen LogP contribution < -0.4 is 9.47 Å². The van der Waals surface area contributed by atoms with Gasteiger partial charge in [0, 0.05) is 37.0 Å². The molecule has 6 nitrogen and oxygen atoms in total. The van der Waals surface area contributed by atoms with E-state index in [1.807, 2.05) is 17.9 Å². The molecule has 28 heavy (non-hydrogen) atoms. The largest absolute Gasteiger partial charge is 0.493 e. The summed E-state index contributed by atoms with van der Waals surface area (Å²) in [5.74, 6) is 1.93. The smallest absolute Gasteiger partial charge is 0.226 e. The first-order valence-electron chi connectivity index (χ1n) is 10.1. The Morgan fingerprint density at radius 2 is 2.14 bits per heavy atom. The van der Waals surface area contributed by atoms with E-state index >= 15 is 0 Å². The second-order valence-corrected chi connectivity index (χ2v) is 8.61. The van der Waals surface area contributed by atoms with E-state index in [0.29, 0.717) is 48.6 Å². The first-order valence-corrected chi connectivity index (χ1v) is 10.5. The molecule has 3 aliphatic rings. The van der Waals surface area contributed by atoms with Crippen LogP contribution in [0, 0.1) is 5.92 Å². The van der Waals surface area contributed by atoms with Crippen LogP contribution in [-0.2, 0) is 16.1 Å². The Bertz CT molecular complexity index is 771. The monoisotopic (exact) mass is 408 g/mol. The molecule has 4 rings (SSSR count). The average molecular weight is 409 g/mol. The minimum absolute atomic E-state index is 0.0671. The lowest BCUT2D eigenvalue weighted by atomic mass is 10.0. The van der Waals surface area contributed by atoms with E-state index in [4.69, 9.17) is 25.8 Å². The Kier molecular flexibility index (Phi) is 5.23. The van der Waals surface area contributed by atoms with Gasteiger partial charge < -0.3 is 19.1 Å². The number of carbonyl (C=O) groups excluding carboxylic acids is 1. The molecule has 1 amide bonds. The standard InChI is InChI=1S/C21H29ClN2O4/c1-5-27-18-8-14(15(22)9-17(18)26-4)11-23-7-6-21-19(23)10-20(25)24(21)16(12-28-21)13(2)3/h8-9,13,16,19H,5-7,10-12H2,1-4H3/t16-,19+,21-/m0/s1. The second kappa shape index (κ2) is 7.39. The molecule has 7 heteroatoms. The lowest BCUT2D eigenvalue weighted by Gasteiger charge is -2.34. The third kappa shape index (κ3) is 2.97. The number of likely N-dealkylation sites (tertiary alicyclic amines) is 1. The van der Waals surface area contributed by atoms with Gasteiger partial charge in [-0.3, -0.25) is 9.69 Å². The summed E-state index contributed by atoms with van der Waals surface area (Å²) in [4.78, 5) is 17.2. The van der Waals surface area contributed by atoms with Crippen molar-refractivity contribution >= 4 is 17.5 Å². The van der Waals surface area contributed by atoms with Crippen LogP contribution in [0.5, 0.6) is 11.5 Å². The summed E-state index contributed by atoms with van der Waals surface area (Å²) in [5, 5.41) is 0.648. The highest BCUT2D eigenvalue weighted by molar-refractivity contribution is 6.31. The van der Waals surface area contributed by atoms with Crippen molar-refractivity contribution in [3.05, 3.63) is 22.7 Å². The van der Waals surface area contributed by atoms with Gasteiger partial charge in [0.15, 0.2) is 17.2 Å². The fraction of sp³-hybridized carbons (Fsp3) is 0.667. The molecule has 0 bridgehead atoms. The topological polar surface area (TPSA) is 51.2 Å². The fourth-order valence-electron chi connectivity index (χ4n) is 4.99. The lowest BCUT2D eigenvalue weighted by Crippen LogP contribution is -2.50. The summed E-state index contributed by atoms with van der Waals surface area (Å²) in [6, 6.07) is 4.00. The third-order valence-corrected chi connectivity index (χ3v) is 6.73. The summed E-state index contributed by atoms with van der Waals surface area (Å²) in [6.07, 6.45) is 1.36. The van der Waals surface area contributed by atoms with Gasteiger partial charge in [-0.1, -0.05) is 25.4 Å². The van der Waals surface area contributed by atoms with Crippen LogP contribution in [0.3, 0.4) is 0 Å². The molecule has 0 aromatic heterocycles. The summed E-state index contributed by atoms with van der Waals surface area (Å²) in [5.41, 5.74) is 0.514. The minimum Gasteiger partial charge on any atom is -0.493 e. The number of rotatable bonds is 6. The maximum Gasteiger partial charge on any atom is 0.226 e. The zero-order valence-corrected chi connectivity index (χ0v) is 17.8. The highest BCUT2D eigenvalue weighted by Gasteiger charge is 2.64. The van der Waals surface area contributed by atoms with Gasteiger partial charge in [-0.25, -0.2) is 0 Å². The zero-order valence-electron chi connectivity index (χ0n) is 17.0. The van der Waals surface area contributed by atoms with Crippen LogP contribution in [0.4, 0.5) is 0 Å². The molecular weight excluding hydrogens is 380 g/mol. The first-order chi connectivity index (χ1) is 13.4. The van der Waals surface area contributed by atoms with Crippen molar-refractivity contribution in [3.8, 4) is 11.5 Å². The van der Waals surface area contributed by atoms with E-state index in [1.165, 1.54) is 0 Å². The molecule has 3 fully saturated rings. The van der Waals surface area contributed by atoms with Crippen molar-refractivity contribution < 1.29 is 19.0 Å². The number of hydrogen-bond donors (Lipinski definition) is 0. The van der Waals surface area contributed by atoms with Gasteiger partial charge >= 0.3 is 0 Å². The highest BCUT2D eigenvalue weighted by atomic mass is 35.5. The van der Waals surface area contributed by atoms with E-state index in [0.717, 1.165) is 18.5 Å². The molecule has 3 atom stereocenters. The van der Waals surface area contributed by atoms with Crippen molar-refractivity contribution in [1.29, 1.82) is 0 Å². The van der Waals surface area contributed by atoms with Gasteiger partial charge in [-0.05, 0) is 24.5 Å². The quantitative estimate of drug-likeness (QED) is 0.722. The molecule has 3 heterocycles. The number of halogens is 1. The Morgan fingerprint density at radius 3 is 2.82 bits per heavy atom. The Labute approximate surface area is 171 Å². The molecule has 0 N–H and O–H groups in total. The molecule has 1 spiro atoms. The molecule has 1 aromatic carbocycles. The number of nitrogens with zero attached hydrogens (tertiary/aromatic N) is 2. The Morgan fingerprint density at radius 1 is 1.36 bits per heavy atom. The summed E-state index contributed by atoms with van der Waals surface area (Å²) >= 11 is 6.53. The van der Waals surface area contributed by atoms with Gasteiger partial charge in [-0.15, -0.1) is 0 Å². The van der Waals surface area contributed by atoms with Crippen LogP contribution >= 0.6 is 11.6 Å². The number of benzene rings is 1. The first kappa shape index (κ1) is 19.8. The van der Waals surface area contributed by atoms with Crippen LogP contribution in [0.25, 0.3) is 0 Å². The van der Waals surface area contributed by atoms with E-state index in [9.17, 15) is 4.79 Å². The van der Waals surface area contributed by atoms with E-state index in [-0.39, 0.29) is 18.0 Å². The Balaban J connectivity index is 1.58. The van der Waals surface area contributed by atoms with Crippen LogP contribution in [-0.4, -0.2) is 60.4 Å². The number of carbonyl (C=O) groups is 1. The van der Waals surface area contributed by atoms with Gasteiger partial charge in [0.2, 0.25) is 5.91 Å². The molecule has 1 aromatic rings. The zero-order chi connectivity index (χ0) is 20.1. The molecule has 3 saturated heterocycles. The number of methoxy groups -OCH3 is 1. The van der Waals surface area contributed by atoms with Gasteiger partial charge in [0.25, 0.3) is 0 Å². The normalized spacial score (nSPS) is 29.5. The number of amides is 1. The average Bonchev–Trinajstić information content (AvgIpc) is 3.28. The van der Waals surface area contributed by atoms with E-state index < -0.39 is 5.72 Å². The van der Waals surface area contributed by atoms with Crippen molar-refractivity contribution in [2.24, 2.45) is 5.92 Å². The Hall–Kier alpha value is -1.50.